The Morgan fingerprint density at radius 2 is 1.71 bits per heavy atom. The molecule has 0 aliphatic heterocycles. The Kier molecular flexibility index (Phi) is 7.22. The Labute approximate surface area is 181 Å². The van der Waals surface area contributed by atoms with Crippen LogP contribution >= 0.6 is 0 Å². The van der Waals surface area contributed by atoms with Crippen LogP contribution in [-0.4, -0.2) is 31.7 Å². The number of ether oxygens (including phenoxy) is 2. The molecule has 0 radical (unpaired) electrons. The molecular weight excluding hydrogens is 394 g/mol. The normalized spacial score (nSPS) is 11.1. The summed E-state index contributed by atoms with van der Waals surface area (Å²) in [7, 11) is 3.07. The Morgan fingerprint density at radius 3 is 2.48 bits per heavy atom. The van der Waals surface area contributed by atoms with Gasteiger partial charge in [-0.3, -0.25) is 9.59 Å². The topological polar surface area (TPSA) is 89.0 Å². The van der Waals surface area contributed by atoms with Crippen LogP contribution in [0.15, 0.2) is 65.8 Å². The molecule has 3 aromatic rings. The van der Waals surface area contributed by atoms with Gasteiger partial charge in [0.15, 0.2) is 0 Å². The summed E-state index contributed by atoms with van der Waals surface area (Å²) in [5.41, 5.74) is 4.47. The Bertz CT molecular complexity index is 1120. The molecule has 7 nitrogen and oxygen atoms in total. The molecule has 0 aliphatic carbocycles. The minimum atomic E-state index is -0.270. The number of fused-ring (bicyclic) bond motifs is 1. The third-order valence-corrected chi connectivity index (χ3v) is 4.70. The van der Waals surface area contributed by atoms with Crippen LogP contribution in [0.3, 0.4) is 0 Å². The summed E-state index contributed by atoms with van der Waals surface area (Å²) in [6, 6.07) is 18.9. The van der Waals surface area contributed by atoms with E-state index < -0.39 is 0 Å². The van der Waals surface area contributed by atoms with Gasteiger partial charge >= 0.3 is 0 Å². The summed E-state index contributed by atoms with van der Waals surface area (Å²) >= 11 is 0. The van der Waals surface area contributed by atoms with Crippen molar-refractivity contribution in [2.24, 2.45) is 5.10 Å². The highest BCUT2D eigenvalue weighted by Gasteiger charge is 2.11. The van der Waals surface area contributed by atoms with Crippen molar-refractivity contribution in [2.45, 2.75) is 19.8 Å². The van der Waals surface area contributed by atoms with Gasteiger partial charge in [0.05, 0.1) is 32.7 Å². The number of benzene rings is 3. The lowest BCUT2D eigenvalue weighted by molar-refractivity contribution is -0.120. The summed E-state index contributed by atoms with van der Waals surface area (Å²) in [6.45, 7) is 1.68. The van der Waals surface area contributed by atoms with Crippen molar-refractivity contribution in [1.82, 2.24) is 5.43 Å². The second-order valence-electron chi connectivity index (χ2n) is 6.99. The summed E-state index contributed by atoms with van der Waals surface area (Å²) in [4.78, 5) is 24.7. The van der Waals surface area contributed by atoms with Crippen molar-refractivity contribution in [3.05, 3.63) is 66.2 Å². The van der Waals surface area contributed by atoms with Crippen LogP contribution in [0.4, 0.5) is 5.69 Å². The molecule has 0 heterocycles. The maximum Gasteiger partial charge on any atom is 0.244 e. The predicted octanol–water partition coefficient (Wildman–Crippen LogP) is 3.92. The first-order chi connectivity index (χ1) is 15.0. The molecule has 0 unspecified atom stereocenters. The zero-order valence-corrected chi connectivity index (χ0v) is 17.8. The fourth-order valence-corrected chi connectivity index (χ4v) is 3.18. The van der Waals surface area contributed by atoms with Crippen molar-refractivity contribution in [3.63, 3.8) is 0 Å². The van der Waals surface area contributed by atoms with Gasteiger partial charge < -0.3 is 14.8 Å². The summed E-state index contributed by atoms with van der Waals surface area (Å²) in [6.07, 6.45) is 0.233. The van der Waals surface area contributed by atoms with E-state index in [0.29, 0.717) is 22.9 Å². The number of amides is 2. The molecule has 3 rings (SSSR count). The highest BCUT2D eigenvalue weighted by molar-refractivity contribution is 6.06. The molecule has 2 amide bonds. The van der Waals surface area contributed by atoms with Crippen LogP contribution in [0.5, 0.6) is 11.5 Å². The minimum Gasteiger partial charge on any atom is -0.497 e. The first kappa shape index (κ1) is 21.8. The fraction of sp³-hybridized carbons (Fsp3) is 0.208. The molecule has 0 spiro atoms. The van der Waals surface area contributed by atoms with E-state index in [0.717, 1.165) is 16.3 Å². The van der Waals surface area contributed by atoms with Crippen LogP contribution in [0.25, 0.3) is 10.8 Å². The van der Waals surface area contributed by atoms with Gasteiger partial charge in [-0.1, -0.05) is 42.5 Å². The van der Waals surface area contributed by atoms with Crippen LogP contribution in [0.1, 0.15) is 18.9 Å². The van der Waals surface area contributed by atoms with Gasteiger partial charge in [0.1, 0.15) is 11.5 Å². The van der Waals surface area contributed by atoms with Crippen molar-refractivity contribution < 1.29 is 19.1 Å². The predicted molar refractivity (Wildman–Crippen MR) is 122 cm³/mol. The lowest BCUT2D eigenvalue weighted by Crippen LogP contribution is -2.23. The number of rotatable bonds is 8. The highest BCUT2D eigenvalue weighted by atomic mass is 16.5. The Balaban J connectivity index is 1.56. The summed E-state index contributed by atoms with van der Waals surface area (Å²) in [5, 5.41) is 8.95. The van der Waals surface area contributed by atoms with Gasteiger partial charge in [-0.05, 0) is 35.4 Å². The molecule has 0 fully saturated rings. The number of hydrogen-bond donors (Lipinski definition) is 2. The standard InChI is InChI=1S/C24H25N3O4/c1-16(13-23(28)25-21-12-11-19(30-2)15-22(21)31-3)26-27-24(29)14-18-9-6-8-17-7-4-5-10-20(17)18/h4-12,15H,13-14H2,1-3H3,(H,25,28)(H,27,29). The molecule has 160 valence electrons. The van der Waals surface area contributed by atoms with Crippen LogP contribution in [0.2, 0.25) is 0 Å². The zero-order chi connectivity index (χ0) is 22.2. The molecule has 2 N–H and O–H groups in total. The van der Waals surface area contributed by atoms with Crippen molar-refractivity contribution in [1.29, 1.82) is 0 Å². The average molecular weight is 419 g/mol. The van der Waals surface area contributed by atoms with Gasteiger partial charge in [-0.25, -0.2) is 5.43 Å². The first-order valence-electron chi connectivity index (χ1n) is 9.80. The fourth-order valence-electron chi connectivity index (χ4n) is 3.18. The van der Waals surface area contributed by atoms with E-state index in [9.17, 15) is 9.59 Å². The molecule has 7 heteroatoms. The van der Waals surface area contributed by atoms with Crippen molar-refractivity contribution >= 4 is 34.0 Å². The van der Waals surface area contributed by atoms with Gasteiger partial charge in [-0.2, -0.15) is 5.10 Å². The number of nitrogens with one attached hydrogen (secondary N) is 2. The highest BCUT2D eigenvalue weighted by Crippen LogP contribution is 2.29. The minimum absolute atomic E-state index is 0.0315. The monoisotopic (exact) mass is 419 g/mol. The molecule has 0 saturated carbocycles. The number of anilines is 1. The molecule has 31 heavy (non-hydrogen) atoms. The molecule has 0 aromatic heterocycles. The number of carbonyl (C=O) groups is 2. The zero-order valence-electron chi connectivity index (χ0n) is 17.8. The van der Waals surface area contributed by atoms with E-state index in [1.54, 1.807) is 32.2 Å². The van der Waals surface area contributed by atoms with Crippen LogP contribution < -0.4 is 20.2 Å². The molecule has 0 atom stereocenters. The Morgan fingerprint density at radius 1 is 0.935 bits per heavy atom. The first-order valence-corrected chi connectivity index (χ1v) is 9.80. The molecular formula is C24H25N3O4. The lowest BCUT2D eigenvalue weighted by Gasteiger charge is -2.11. The second-order valence-corrected chi connectivity index (χ2v) is 6.99. The van der Waals surface area contributed by atoms with Gasteiger partial charge in [0.25, 0.3) is 0 Å². The maximum atomic E-state index is 12.3. The SMILES string of the molecule is COc1ccc(NC(=O)CC(C)=NNC(=O)Cc2cccc3ccccc23)c(OC)c1. The largest absolute Gasteiger partial charge is 0.497 e. The summed E-state index contributed by atoms with van der Waals surface area (Å²) < 4.78 is 10.4. The third-order valence-electron chi connectivity index (χ3n) is 4.70. The molecule has 0 bridgehead atoms. The van der Waals surface area contributed by atoms with E-state index in [-0.39, 0.29) is 24.7 Å². The van der Waals surface area contributed by atoms with E-state index in [2.05, 4.69) is 15.8 Å². The number of carbonyl (C=O) groups excluding carboxylic acids is 2. The van der Waals surface area contributed by atoms with E-state index in [1.165, 1.54) is 7.11 Å². The van der Waals surface area contributed by atoms with Crippen molar-refractivity contribution in [2.75, 3.05) is 19.5 Å². The molecule has 0 aliphatic rings. The van der Waals surface area contributed by atoms with Crippen molar-refractivity contribution in [3.8, 4) is 11.5 Å². The quantitative estimate of drug-likeness (QED) is 0.428. The number of hydrogen-bond acceptors (Lipinski definition) is 5. The second kappa shape index (κ2) is 10.2. The van der Waals surface area contributed by atoms with Gasteiger partial charge in [-0.15, -0.1) is 0 Å². The molecule has 3 aromatic carbocycles. The van der Waals surface area contributed by atoms with Crippen LogP contribution in [-0.2, 0) is 16.0 Å². The van der Waals surface area contributed by atoms with E-state index in [1.807, 2.05) is 42.5 Å². The summed E-state index contributed by atoms with van der Waals surface area (Å²) in [5.74, 6) is 0.605. The smallest absolute Gasteiger partial charge is 0.244 e. The third kappa shape index (κ3) is 5.82. The molecule has 0 saturated heterocycles. The van der Waals surface area contributed by atoms with E-state index >= 15 is 0 Å². The van der Waals surface area contributed by atoms with Gasteiger partial charge in [0.2, 0.25) is 11.8 Å². The number of hydrazone groups is 1. The number of methoxy groups -OCH3 is 2. The number of nitrogens with zero attached hydrogens (tertiary/aromatic N) is 1. The average Bonchev–Trinajstić information content (AvgIpc) is 2.78. The van der Waals surface area contributed by atoms with Gasteiger partial charge in [0, 0.05) is 11.8 Å². The lowest BCUT2D eigenvalue weighted by atomic mass is 10.0. The Hall–Kier alpha value is -3.87. The maximum absolute atomic E-state index is 12.3. The van der Waals surface area contributed by atoms with Crippen LogP contribution in [0, 0.1) is 0 Å². The van der Waals surface area contributed by atoms with E-state index in [4.69, 9.17) is 9.47 Å².